The maximum atomic E-state index is 13.9. The first-order valence-corrected chi connectivity index (χ1v) is 14.5. The van der Waals surface area contributed by atoms with Crippen molar-refractivity contribution >= 4 is 59.1 Å². The van der Waals surface area contributed by atoms with Crippen molar-refractivity contribution in [3.05, 3.63) is 96.4 Å². The molecular formula is C33H40Cl2N6O4. The van der Waals surface area contributed by atoms with Crippen LogP contribution in [0, 0.1) is 0 Å². The van der Waals surface area contributed by atoms with E-state index in [0.717, 1.165) is 34.7 Å². The number of carbonyl (C=O) groups excluding carboxylic acids is 3. The van der Waals surface area contributed by atoms with Crippen molar-refractivity contribution in [2.75, 3.05) is 25.0 Å². The number of anilines is 1. The Bertz CT molecular complexity index is 1580. The smallest absolute Gasteiger partial charge is 0.250 e. The van der Waals surface area contributed by atoms with Crippen molar-refractivity contribution in [2.45, 2.75) is 50.9 Å². The summed E-state index contributed by atoms with van der Waals surface area (Å²) in [5.74, 6) is -0.773. The molecule has 0 saturated carbocycles. The molecule has 0 spiro atoms. The monoisotopic (exact) mass is 654 g/mol. The van der Waals surface area contributed by atoms with Crippen molar-refractivity contribution in [3.63, 3.8) is 0 Å². The van der Waals surface area contributed by atoms with Crippen LogP contribution in [-0.2, 0) is 25.7 Å². The number of rotatable bonds is 11. The number of carbonyl (C=O) groups is 3. The normalized spacial score (nSPS) is 14.2. The summed E-state index contributed by atoms with van der Waals surface area (Å²) in [6, 6.07) is 21.7. The third kappa shape index (κ3) is 8.82. The van der Waals surface area contributed by atoms with Crippen LogP contribution >= 0.6 is 24.8 Å². The summed E-state index contributed by atoms with van der Waals surface area (Å²) in [5.41, 5.74) is 6.58. The summed E-state index contributed by atoms with van der Waals surface area (Å²) in [7, 11) is 0. The molecule has 2 atom stereocenters. The summed E-state index contributed by atoms with van der Waals surface area (Å²) < 4.78 is 7.53. The molecule has 4 aromatic rings. The number of benzene rings is 3. The fourth-order valence-corrected chi connectivity index (χ4v) is 5.17. The molecule has 1 saturated heterocycles. The topological polar surface area (TPSA) is 132 Å². The standard InChI is InChI=1S/C33H38N6O4.2ClH/c1-33(2,34)32(42)36-27(21-43-20-23-11-4-3-5-12-23)30(40)37-28-19-39(22-35-28)29(31(41)38-17-8-9-18-38)26-16-10-14-24-13-6-7-15-25(24)26;;/h3-7,10-16,19,22,27,29H,8-9,17-18,20-21,34H2,1-2H3,(H,36,42)(H,37,40);2*1H/t27-,29?;;/m1../s1. The third-order valence-corrected chi connectivity index (χ3v) is 7.52. The van der Waals surface area contributed by atoms with Gasteiger partial charge in [-0.2, -0.15) is 0 Å². The molecule has 1 fully saturated rings. The van der Waals surface area contributed by atoms with Crippen molar-refractivity contribution in [3.8, 4) is 0 Å². The molecule has 1 aliphatic rings. The van der Waals surface area contributed by atoms with Gasteiger partial charge in [0.2, 0.25) is 11.8 Å². The van der Waals surface area contributed by atoms with Crippen LogP contribution < -0.4 is 16.4 Å². The van der Waals surface area contributed by atoms with Gasteiger partial charge in [-0.25, -0.2) is 4.98 Å². The fourth-order valence-electron chi connectivity index (χ4n) is 5.17. The molecule has 0 bridgehead atoms. The van der Waals surface area contributed by atoms with Gasteiger partial charge in [0.15, 0.2) is 5.82 Å². The maximum Gasteiger partial charge on any atom is 0.250 e. The molecule has 4 N–H and O–H groups in total. The van der Waals surface area contributed by atoms with E-state index >= 15 is 0 Å². The molecule has 3 aromatic carbocycles. The summed E-state index contributed by atoms with van der Waals surface area (Å²) >= 11 is 0. The number of nitrogens with zero attached hydrogens (tertiary/aromatic N) is 3. The average Bonchev–Trinajstić information content (AvgIpc) is 3.70. The Morgan fingerprint density at radius 3 is 2.33 bits per heavy atom. The predicted octanol–water partition coefficient (Wildman–Crippen LogP) is 4.47. The third-order valence-electron chi connectivity index (χ3n) is 7.52. The van der Waals surface area contributed by atoms with Crippen LogP contribution in [0.3, 0.4) is 0 Å². The molecule has 5 rings (SSSR count). The van der Waals surface area contributed by atoms with Gasteiger partial charge in [0.1, 0.15) is 12.1 Å². The van der Waals surface area contributed by atoms with Gasteiger partial charge in [0, 0.05) is 19.3 Å². The van der Waals surface area contributed by atoms with E-state index in [4.69, 9.17) is 10.5 Å². The molecular weight excluding hydrogens is 615 g/mol. The molecule has 45 heavy (non-hydrogen) atoms. The number of fused-ring (bicyclic) bond motifs is 1. The van der Waals surface area contributed by atoms with Crippen LogP contribution in [0.15, 0.2) is 85.3 Å². The number of aromatic nitrogens is 2. The predicted molar refractivity (Wildman–Crippen MR) is 180 cm³/mol. The van der Waals surface area contributed by atoms with E-state index in [1.54, 1.807) is 30.9 Å². The van der Waals surface area contributed by atoms with Crippen LogP contribution in [0.5, 0.6) is 0 Å². The lowest BCUT2D eigenvalue weighted by molar-refractivity contribution is -0.132. The maximum absolute atomic E-state index is 13.9. The summed E-state index contributed by atoms with van der Waals surface area (Å²) in [6.07, 6.45) is 5.14. The van der Waals surface area contributed by atoms with E-state index in [2.05, 4.69) is 15.6 Å². The Labute approximate surface area is 275 Å². The molecule has 12 heteroatoms. The minimum absolute atomic E-state index is 0. The summed E-state index contributed by atoms with van der Waals surface area (Å²) in [5, 5.41) is 7.49. The van der Waals surface area contributed by atoms with Crippen molar-refractivity contribution in [2.24, 2.45) is 5.73 Å². The summed E-state index contributed by atoms with van der Waals surface area (Å²) in [4.78, 5) is 46.3. The second-order valence-corrected chi connectivity index (χ2v) is 11.4. The zero-order valence-electron chi connectivity index (χ0n) is 25.3. The highest BCUT2D eigenvalue weighted by molar-refractivity contribution is 5.98. The Hall–Kier alpha value is -3.96. The van der Waals surface area contributed by atoms with Gasteiger partial charge in [0.05, 0.1) is 25.1 Å². The average molecular weight is 656 g/mol. The van der Waals surface area contributed by atoms with E-state index in [1.165, 1.54) is 0 Å². The zero-order chi connectivity index (χ0) is 30.4. The second kappa shape index (κ2) is 15.9. The number of imidazole rings is 1. The Kier molecular flexibility index (Phi) is 12.5. The number of hydrogen-bond acceptors (Lipinski definition) is 6. The number of nitrogens with one attached hydrogen (secondary N) is 2. The van der Waals surface area contributed by atoms with Gasteiger partial charge in [-0.05, 0) is 48.6 Å². The SMILES string of the molecule is CC(C)(N)C(=O)N[C@H](COCc1ccccc1)C(=O)Nc1cn(C(C(=O)N2CCCC2)c2cccc3ccccc23)cn1.Cl.Cl. The van der Waals surface area contributed by atoms with Gasteiger partial charge in [-0.1, -0.05) is 72.8 Å². The van der Waals surface area contributed by atoms with E-state index < -0.39 is 29.4 Å². The Morgan fingerprint density at radius 2 is 1.62 bits per heavy atom. The van der Waals surface area contributed by atoms with Gasteiger partial charge in [-0.15, -0.1) is 24.8 Å². The number of ether oxygens (including phenoxy) is 1. The number of hydrogen-bond donors (Lipinski definition) is 3. The largest absolute Gasteiger partial charge is 0.374 e. The first kappa shape index (κ1) is 35.5. The molecule has 3 amide bonds. The van der Waals surface area contributed by atoms with Gasteiger partial charge in [0.25, 0.3) is 5.91 Å². The van der Waals surface area contributed by atoms with Crippen LogP contribution in [0.1, 0.15) is 43.9 Å². The van der Waals surface area contributed by atoms with Crippen LogP contribution in [0.25, 0.3) is 10.8 Å². The van der Waals surface area contributed by atoms with E-state index in [1.807, 2.05) is 77.7 Å². The number of likely N-dealkylation sites (tertiary alicyclic amines) is 1. The molecule has 2 heterocycles. The molecule has 10 nitrogen and oxygen atoms in total. The van der Waals surface area contributed by atoms with Crippen LogP contribution in [0.4, 0.5) is 5.82 Å². The molecule has 1 unspecified atom stereocenters. The van der Waals surface area contributed by atoms with Gasteiger partial charge in [-0.3, -0.25) is 14.4 Å². The molecule has 1 aromatic heterocycles. The number of amides is 3. The fraction of sp³-hybridized carbons (Fsp3) is 0.333. The Balaban J connectivity index is 0.00000276. The van der Waals surface area contributed by atoms with Crippen molar-refractivity contribution < 1.29 is 19.1 Å². The highest BCUT2D eigenvalue weighted by Gasteiger charge is 2.32. The van der Waals surface area contributed by atoms with Crippen LogP contribution in [-0.4, -0.2) is 63.4 Å². The molecule has 0 radical (unpaired) electrons. The number of halogens is 2. The highest BCUT2D eigenvalue weighted by Crippen LogP contribution is 2.30. The quantitative estimate of drug-likeness (QED) is 0.219. The minimum atomic E-state index is -1.19. The summed E-state index contributed by atoms with van der Waals surface area (Å²) in [6.45, 7) is 4.74. The molecule has 1 aliphatic heterocycles. The van der Waals surface area contributed by atoms with Crippen molar-refractivity contribution in [1.29, 1.82) is 0 Å². The molecule has 240 valence electrons. The lowest BCUT2D eigenvalue weighted by atomic mass is 9.97. The first-order chi connectivity index (χ1) is 20.7. The lowest BCUT2D eigenvalue weighted by Gasteiger charge is -2.25. The van der Waals surface area contributed by atoms with Crippen molar-refractivity contribution in [1.82, 2.24) is 19.8 Å². The second-order valence-electron chi connectivity index (χ2n) is 11.4. The number of nitrogens with two attached hydrogens (primary N) is 1. The minimum Gasteiger partial charge on any atom is -0.374 e. The Morgan fingerprint density at radius 1 is 0.956 bits per heavy atom. The van der Waals surface area contributed by atoms with Crippen LogP contribution in [0.2, 0.25) is 0 Å². The van der Waals surface area contributed by atoms with E-state index in [0.29, 0.717) is 13.1 Å². The zero-order valence-corrected chi connectivity index (χ0v) is 27.0. The molecule has 0 aliphatic carbocycles. The van der Waals surface area contributed by atoms with E-state index in [-0.39, 0.29) is 49.8 Å². The van der Waals surface area contributed by atoms with E-state index in [9.17, 15) is 14.4 Å². The first-order valence-electron chi connectivity index (χ1n) is 14.5. The van der Waals surface area contributed by atoms with Gasteiger partial charge < -0.3 is 30.6 Å². The highest BCUT2D eigenvalue weighted by atomic mass is 35.5. The lowest BCUT2D eigenvalue weighted by Crippen LogP contribution is -2.56. The van der Waals surface area contributed by atoms with Gasteiger partial charge >= 0.3 is 0 Å².